The van der Waals surface area contributed by atoms with Gasteiger partial charge >= 0.3 is 6.03 Å². The summed E-state index contributed by atoms with van der Waals surface area (Å²) in [5.74, 6) is 0.840. The summed E-state index contributed by atoms with van der Waals surface area (Å²) in [6.07, 6.45) is 7.92. The highest BCUT2D eigenvalue weighted by molar-refractivity contribution is 9.10. The van der Waals surface area contributed by atoms with Crippen LogP contribution in [-0.4, -0.2) is 66.8 Å². The van der Waals surface area contributed by atoms with Crippen LogP contribution in [0.25, 0.3) is 0 Å². The highest BCUT2D eigenvalue weighted by Gasteiger charge is 2.48. The summed E-state index contributed by atoms with van der Waals surface area (Å²) in [6.45, 7) is 2.85. The first-order valence-electron chi connectivity index (χ1n) is 11.0. The Kier molecular flexibility index (Phi) is 8.49. The Morgan fingerprint density at radius 2 is 2.00 bits per heavy atom. The molecule has 32 heavy (non-hydrogen) atoms. The van der Waals surface area contributed by atoms with Gasteiger partial charge in [0.05, 0.1) is 13.3 Å². The van der Waals surface area contributed by atoms with Crippen molar-refractivity contribution in [1.82, 2.24) is 20.5 Å². The second kappa shape index (κ2) is 11.3. The standard InChI is InChI=1S/C22H31BrN6O3/c1-4-5-6-7-8-9-12-29-18-19(28(2)22(31)26-20(18)30)25-21(29)27-24-14-15-13-16(23)10-11-17(15)32-3/h10-11,13-14,18-19H,4-9,12H2,1-3H3,(H,25,27)(H,26,30,31)/b24-14-. The Morgan fingerprint density at radius 3 is 2.75 bits per heavy atom. The van der Waals surface area contributed by atoms with Crippen LogP contribution >= 0.6 is 15.9 Å². The molecule has 9 nitrogen and oxygen atoms in total. The third-order valence-corrected chi connectivity index (χ3v) is 6.17. The number of methoxy groups -OCH3 is 1. The van der Waals surface area contributed by atoms with Gasteiger partial charge in [-0.2, -0.15) is 5.10 Å². The van der Waals surface area contributed by atoms with E-state index < -0.39 is 18.2 Å². The molecule has 2 atom stereocenters. The van der Waals surface area contributed by atoms with Gasteiger partial charge in [0.2, 0.25) is 5.96 Å². The van der Waals surface area contributed by atoms with Crippen molar-refractivity contribution in [3.8, 4) is 5.75 Å². The predicted molar refractivity (Wildman–Crippen MR) is 128 cm³/mol. The first kappa shape index (κ1) is 24.0. The number of likely N-dealkylation sites (N-methyl/N-ethyl adjacent to an activating group) is 1. The maximum atomic E-state index is 12.6. The largest absolute Gasteiger partial charge is 0.496 e. The van der Waals surface area contributed by atoms with Crippen molar-refractivity contribution in [2.24, 2.45) is 10.1 Å². The number of ether oxygens (including phenoxy) is 1. The number of rotatable bonds is 10. The number of unbranched alkanes of at least 4 members (excludes halogenated alkanes) is 5. The van der Waals surface area contributed by atoms with E-state index in [-0.39, 0.29) is 5.91 Å². The maximum absolute atomic E-state index is 12.6. The van der Waals surface area contributed by atoms with Crippen LogP contribution in [-0.2, 0) is 4.79 Å². The Labute approximate surface area is 197 Å². The van der Waals surface area contributed by atoms with Gasteiger partial charge in [0.25, 0.3) is 5.91 Å². The van der Waals surface area contributed by atoms with Gasteiger partial charge in [-0.3, -0.25) is 10.1 Å². The molecular weight excluding hydrogens is 476 g/mol. The number of carbonyl (C=O) groups is 2. The summed E-state index contributed by atoms with van der Waals surface area (Å²) in [5.41, 5.74) is 3.77. The third kappa shape index (κ3) is 5.59. The summed E-state index contributed by atoms with van der Waals surface area (Å²) in [4.78, 5) is 32.7. The molecule has 0 saturated carbocycles. The molecule has 0 bridgehead atoms. The number of amides is 3. The van der Waals surface area contributed by atoms with Gasteiger partial charge < -0.3 is 14.5 Å². The van der Waals surface area contributed by atoms with Crippen LogP contribution in [0.2, 0.25) is 0 Å². The van der Waals surface area contributed by atoms with Crippen LogP contribution in [0.4, 0.5) is 4.79 Å². The number of guanidine groups is 1. The smallest absolute Gasteiger partial charge is 0.325 e. The molecule has 3 amide bonds. The maximum Gasteiger partial charge on any atom is 0.325 e. The van der Waals surface area contributed by atoms with Gasteiger partial charge in [0.1, 0.15) is 5.75 Å². The zero-order valence-electron chi connectivity index (χ0n) is 18.8. The molecular formula is C22H31BrN6O3. The molecule has 10 heteroatoms. The van der Waals surface area contributed by atoms with Gasteiger partial charge in [-0.05, 0) is 24.6 Å². The zero-order valence-corrected chi connectivity index (χ0v) is 20.4. The Hall–Kier alpha value is -2.62. The minimum absolute atomic E-state index is 0.331. The monoisotopic (exact) mass is 506 g/mol. The second-order valence-electron chi connectivity index (χ2n) is 7.93. The van der Waals surface area contributed by atoms with Crippen molar-refractivity contribution >= 4 is 40.0 Å². The molecule has 1 aromatic rings. The van der Waals surface area contributed by atoms with E-state index in [1.54, 1.807) is 20.4 Å². The van der Waals surface area contributed by atoms with Gasteiger partial charge in [0, 0.05) is 23.6 Å². The number of benzene rings is 1. The fourth-order valence-corrected chi connectivity index (χ4v) is 4.27. The number of halogens is 1. The molecule has 0 aliphatic carbocycles. The normalized spacial score (nSPS) is 20.4. The lowest BCUT2D eigenvalue weighted by atomic mass is 10.1. The van der Waals surface area contributed by atoms with E-state index in [1.165, 1.54) is 30.6 Å². The highest BCUT2D eigenvalue weighted by atomic mass is 79.9. The zero-order chi connectivity index (χ0) is 23.1. The summed E-state index contributed by atoms with van der Waals surface area (Å²) in [7, 11) is 3.25. The Balaban J connectivity index is 1.72. The molecule has 0 spiro atoms. The van der Waals surface area contributed by atoms with Gasteiger partial charge in [-0.1, -0.05) is 55.0 Å². The number of hydrazone groups is 1. The second-order valence-corrected chi connectivity index (χ2v) is 8.85. The molecule has 0 radical (unpaired) electrons. The van der Waals surface area contributed by atoms with Crippen molar-refractivity contribution < 1.29 is 14.3 Å². The van der Waals surface area contributed by atoms with Gasteiger partial charge in [-0.15, -0.1) is 0 Å². The van der Waals surface area contributed by atoms with Crippen molar-refractivity contribution in [3.05, 3.63) is 28.2 Å². The first-order chi connectivity index (χ1) is 15.5. The number of nitrogens with zero attached hydrogens (tertiary/aromatic N) is 4. The molecule has 2 aliphatic rings. The number of imide groups is 1. The third-order valence-electron chi connectivity index (χ3n) is 5.67. The lowest BCUT2D eigenvalue weighted by Gasteiger charge is -2.36. The number of nitrogens with one attached hydrogen (secondary N) is 2. The number of aliphatic imine (C=N–C) groups is 1. The van der Waals surface area contributed by atoms with Crippen molar-refractivity contribution in [2.75, 3.05) is 20.7 Å². The number of carbonyl (C=O) groups excluding carboxylic acids is 2. The van der Waals surface area contributed by atoms with E-state index in [1.807, 2.05) is 23.1 Å². The lowest BCUT2D eigenvalue weighted by Crippen LogP contribution is -2.64. The van der Waals surface area contributed by atoms with Crippen LogP contribution in [0.15, 0.2) is 32.8 Å². The predicted octanol–water partition coefficient (Wildman–Crippen LogP) is 3.29. The average Bonchev–Trinajstić information content (AvgIpc) is 3.14. The molecule has 1 fully saturated rings. The lowest BCUT2D eigenvalue weighted by molar-refractivity contribution is -0.127. The molecule has 2 heterocycles. The molecule has 2 unspecified atom stereocenters. The van der Waals surface area contributed by atoms with Crippen LogP contribution in [0.1, 0.15) is 51.0 Å². The number of hydrogen-bond acceptors (Lipinski definition) is 7. The minimum atomic E-state index is -0.575. The molecule has 1 saturated heterocycles. The van der Waals surface area contributed by atoms with E-state index >= 15 is 0 Å². The summed E-state index contributed by atoms with van der Waals surface area (Å²) in [6, 6.07) is 4.63. The van der Waals surface area contributed by atoms with E-state index in [0.717, 1.165) is 22.9 Å². The van der Waals surface area contributed by atoms with Crippen molar-refractivity contribution in [2.45, 2.75) is 57.7 Å². The minimum Gasteiger partial charge on any atom is -0.496 e. The molecule has 3 rings (SSSR count). The summed E-state index contributed by atoms with van der Waals surface area (Å²) >= 11 is 3.45. The van der Waals surface area contributed by atoms with Crippen LogP contribution < -0.4 is 15.5 Å². The van der Waals surface area contributed by atoms with E-state index in [0.29, 0.717) is 18.3 Å². The molecule has 0 aromatic heterocycles. The molecule has 1 aromatic carbocycles. The molecule has 2 aliphatic heterocycles. The highest BCUT2D eigenvalue weighted by Crippen LogP contribution is 2.24. The quantitative estimate of drug-likeness (QED) is 0.288. The van der Waals surface area contributed by atoms with E-state index in [4.69, 9.17) is 4.74 Å². The van der Waals surface area contributed by atoms with E-state index in [9.17, 15) is 9.59 Å². The van der Waals surface area contributed by atoms with Gasteiger partial charge in [0.15, 0.2) is 12.2 Å². The van der Waals surface area contributed by atoms with Crippen molar-refractivity contribution in [3.63, 3.8) is 0 Å². The SMILES string of the molecule is CCCCCCCCN1C(N/N=C\c2cc(Br)ccc2OC)=NC2C1C(=O)NC(=O)N2C. The first-order valence-corrected chi connectivity index (χ1v) is 11.8. The fourth-order valence-electron chi connectivity index (χ4n) is 3.89. The topological polar surface area (TPSA) is 98.6 Å². The molecule has 174 valence electrons. The van der Waals surface area contributed by atoms with Crippen molar-refractivity contribution in [1.29, 1.82) is 0 Å². The average molecular weight is 507 g/mol. The fraction of sp³-hybridized carbons (Fsp3) is 0.545. The van der Waals surface area contributed by atoms with E-state index in [2.05, 4.69) is 43.7 Å². The number of fused-ring (bicyclic) bond motifs is 1. The van der Waals surface area contributed by atoms with Gasteiger partial charge in [-0.25, -0.2) is 15.2 Å². The number of hydrogen-bond donors (Lipinski definition) is 2. The van der Waals surface area contributed by atoms with Crippen LogP contribution in [0, 0.1) is 0 Å². The van der Waals surface area contributed by atoms with Crippen LogP contribution in [0.3, 0.4) is 0 Å². The summed E-state index contributed by atoms with van der Waals surface area (Å²) in [5, 5.41) is 6.75. The Bertz CT molecular complexity index is 890. The summed E-state index contributed by atoms with van der Waals surface area (Å²) < 4.78 is 6.28. The Morgan fingerprint density at radius 1 is 1.25 bits per heavy atom. The number of urea groups is 1. The van der Waals surface area contributed by atoms with Crippen LogP contribution in [0.5, 0.6) is 5.75 Å². The molecule has 2 N–H and O–H groups in total.